The van der Waals surface area contributed by atoms with Gasteiger partial charge in [-0.15, -0.1) is 0 Å². The number of aryl methyl sites for hydroxylation is 2. The summed E-state index contributed by atoms with van der Waals surface area (Å²) in [5.41, 5.74) is 40.8. The van der Waals surface area contributed by atoms with E-state index in [1.54, 1.807) is 19.0 Å². The van der Waals surface area contributed by atoms with Crippen LogP contribution in [-0.2, 0) is 54.4 Å². The molecule has 790 valence electrons. The molecule has 12 rings (SSSR count). The zero-order valence-electron chi connectivity index (χ0n) is 80.8. The zero-order chi connectivity index (χ0) is 110. The standard InChI is InChI=1S/C19H23F3N4O.C18H21F3N4O.C16H18F3N5O.C15H15F3N4O.C15H14F3N3O2.C15H15F2N5O2/c1-11(2)10-12(23)5-6-13-7-8-15(19(20,21)22)16(26-13)17(27)14-4-3-9-25-18(14)24;1-10(2)14(22)8-6-11-5-7-13(18(19,20)21)15(25-11)16(26)12-4-3-9-24-17(12)23;1-21-8-9-24(2)12-6-5-11(16(17,18)19)13(23-12)14(25)10-4-3-7-22-15(10)20;1-2-7-20-11-6-5-10(15(16,17)18)12(22-11)13(23)9-4-3-8-21-14(9)19;1-2-8-23-11-6-5-10(15(16,17)18)12(21-11)13(22)9-4-3-7-20-14(9)19;1-15(16,17)9-4-5-11(21-7-10(18)23)22-12(9)13(24)8-3-2-6-20-14(8)19/h3-4,7-9,11-12H,5-6,10,23H2,1-2H3,(H2,24,25);3-5,7,9-10,14H,6,8,22H2,1-2H3,(H2,23,24);3-7,21H,8-9H2,1-2H3,(H2,20,22);3-6,8H,2,7H2,1H3,(H2,19,21)(H,20,22);3-7H,2,8H2,1H3,(H2,19,20);2-6H,7H2,1H3,(H2,18,23)(H2,19,20)(H,21,22)/t12-;14-;;;;/m11..../s1. The molecule has 12 aromatic heterocycles. The molecule has 0 unspecified atom stereocenters. The minimum atomic E-state index is -4.72. The van der Waals surface area contributed by atoms with E-state index in [2.05, 4.69) is 75.8 Å². The van der Waals surface area contributed by atoms with E-state index in [9.17, 15) is 108 Å². The highest BCUT2D eigenvalue weighted by atomic mass is 19.4. The molecule has 12 heterocycles. The number of amides is 1. The van der Waals surface area contributed by atoms with E-state index >= 15 is 0 Å². The number of carbonyl (C=O) groups is 7. The number of ether oxygens (including phenoxy) is 1. The summed E-state index contributed by atoms with van der Waals surface area (Å²) in [6.45, 7) is 14.1. The van der Waals surface area contributed by atoms with Crippen LogP contribution in [0.3, 0.4) is 0 Å². The molecule has 0 radical (unpaired) electrons. The normalized spacial score (nSPS) is 11.9. The van der Waals surface area contributed by atoms with Gasteiger partial charge in [-0.25, -0.2) is 68.6 Å². The molecule has 0 spiro atoms. The largest absolute Gasteiger partial charge is 0.478 e. The van der Waals surface area contributed by atoms with Crippen LogP contribution in [-0.4, -0.2) is 159 Å². The van der Waals surface area contributed by atoms with E-state index < -0.39 is 145 Å². The van der Waals surface area contributed by atoms with Crippen molar-refractivity contribution >= 4 is 93.0 Å². The average Bonchev–Trinajstić information content (AvgIpc) is 0.808. The molecule has 50 heteroatoms. The van der Waals surface area contributed by atoms with Crippen LogP contribution in [0.5, 0.6) is 5.88 Å². The summed E-state index contributed by atoms with van der Waals surface area (Å²) in [5.74, 6) is -9.02. The molecule has 0 aliphatic carbocycles. The first-order valence-corrected chi connectivity index (χ1v) is 44.9. The van der Waals surface area contributed by atoms with Gasteiger partial charge >= 0.3 is 30.9 Å². The molecule has 33 nitrogen and oxygen atoms in total. The maximum absolute atomic E-state index is 13.8. The van der Waals surface area contributed by atoms with Gasteiger partial charge in [-0.05, 0) is 203 Å². The van der Waals surface area contributed by atoms with Crippen LogP contribution in [0.1, 0.15) is 222 Å². The number of hydrogen-bond acceptors (Lipinski definition) is 32. The molecule has 0 aliphatic heterocycles. The molecule has 0 aromatic carbocycles. The highest BCUT2D eigenvalue weighted by Crippen LogP contribution is 2.41. The Bertz CT molecular complexity index is 6470. The molecule has 0 fully saturated rings. The van der Waals surface area contributed by atoms with Crippen molar-refractivity contribution in [3.8, 4) is 5.88 Å². The molecule has 0 aliphatic rings. The van der Waals surface area contributed by atoms with Crippen molar-refractivity contribution in [3.05, 3.63) is 295 Å². The lowest BCUT2D eigenvalue weighted by atomic mass is 9.98. The number of halogens is 17. The number of anilines is 9. The molecule has 0 bridgehead atoms. The Hall–Kier alpha value is -16.0. The molecule has 12 aromatic rings. The van der Waals surface area contributed by atoms with E-state index in [-0.39, 0.29) is 123 Å². The van der Waals surface area contributed by atoms with E-state index in [1.165, 1.54) is 140 Å². The van der Waals surface area contributed by atoms with Gasteiger partial charge < -0.3 is 77.2 Å². The minimum Gasteiger partial charge on any atom is -0.478 e. The third-order valence-corrected chi connectivity index (χ3v) is 20.9. The molecular weight excluding hydrogens is 1980 g/mol. The van der Waals surface area contributed by atoms with Gasteiger partial charge in [-0.3, -0.25) is 33.6 Å². The maximum atomic E-state index is 13.8. The predicted octanol–water partition coefficient (Wildman–Crippen LogP) is 16.3. The van der Waals surface area contributed by atoms with Gasteiger partial charge in [0, 0.05) is 100 Å². The Balaban J connectivity index is 0.000000241. The molecule has 2 atom stereocenters. The summed E-state index contributed by atoms with van der Waals surface area (Å²) >= 11 is 0. The van der Waals surface area contributed by atoms with E-state index in [0.29, 0.717) is 76.0 Å². The van der Waals surface area contributed by atoms with Gasteiger partial charge in [0.2, 0.25) is 46.5 Å². The number of ketones is 6. The Labute approximate surface area is 836 Å². The third kappa shape index (κ3) is 34.3. The Kier molecular flexibility index (Phi) is 42.7. The second-order valence-corrected chi connectivity index (χ2v) is 33.2. The average molecular weight is 2090 g/mol. The van der Waals surface area contributed by atoms with Crippen molar-refractivity contribution in [2.75, 3.05) is 96.8 Å². The zero-order valence-corrected chi connectivity index (χ0v) is 80.8. The van der Waals surface area contributed by atoms with Gasteiger partial charge in [-0.2, -0.15) is 65.9 Å². The summed E-state index contributed by atoms with van der Waals surface area (Å²) in [4.78, 5) is 134. The highest BCUT2D eigenvalue weighted by molar-refractivity contribution is 6.15. The van der Waals surface area contributed by atoms with Gasteiger partial charge in [0.15, 0.2) is 0 Å². The molecule has 21 N–H and O–H groups in total. The van der Waals surface area contributed by atoms with E-state index in [4.69, 9.17) is 56.3 Å². The molecular formula is C98H106F17N25O8. The van der Waals surface area contributed by atoms with Crippen LogP contribution in [0.2, 0.25) is 0 Å². The summed E-state index contributed by atoms with van der Waals surface area (Å²) in [6.07, 6.45) is -11.3. The fraction of sp³-hybridized carbons (Fsp3) is 0.316. The number of aromatic nitrogens is 12. The lowest BCUT2D eigenvalue weighted by molar-refractivity contribution is -0.139. The second kappa shape index (κ2) is 53.2. The second-order valence-electron chi connectivity index (χ2n) is 33.2. The van der Waals surface area contributed by atoms with Crippen molar-refractivity contribution in [2.45, 2.75) is 142 Å². The Morgan fingerprint density at radius 3 is 1.01 bits per heavy atom. The van der Waals surface area contributed by atoms with Crippen molar-refractivity contribution in [2.24, 2.45) is 29.0 Å². The van der Waals surface area contributed by atoms with Crippen LogP contribution < -0.4 is 77.2 Å². The number of alkyl halides is 17. The summed E-state index contributed by atoms with van der Waals surface area (Å²) < 4.78 is 232. The lowest BCUT2D eigenvalue weighted by Gasteiger charge is -2.20. The number of nitrogens with one attached hydrogen (secondary N) is 3. The van der Waals surface area contributed by atoms with Gasteiger partial charge in [0.1, 0.15) is 86.5 Å². The molecule has 0 saturated heterocycles. The van der Waals surface area contributed by atoms with E-state index in [1.807, 2.05) is 41.5 Å². The topological polar surface area (TPSA) is 557 Å². The maximum Gasteiger partial charge on any atom is 0.418 e. The summed E-state index contributed by atoms with van der Waals surface area (Å²) in [5, 5.41) is 8.34. The van der Waals surface area contributed by atoms with Crippen LogP contribution in [0, 0.1) is 11.8 Å². The van der Waals surface area contributed by atoms with Crippen LogP contribution in [0.25, 0.3) is 0 Å². The fourth-order valence-electron chi connectivity index (χ4n) is 13.3. The van der Waals surface area contributed by atoms with Crippen molar-refractivity contribution in [1.29, 1.82) is 0 Å². The fourth-order valence-corrected chi connectivity index (χ4v) is 13.3. The number of carbonyl (C=O) groups excluding carboxylic acids is 7. The smallest absolute Gasteiger partial charge is 0.418 e. The molecule has 1 amide bonds. The minimum absolute atomic E-state index is 0.0393. The first-order chi connectivity index (χ1) is 69.3. The molecule has 0 saturated carbocycles. The SMILES string of the molecule is CC(C)C[C@H](N)CCc1ccc(C(F)(F)F)c(C(=O)c2cccnc2N)n1.CC(C)[C@H](N)CCc1ccc(C(F)(F)F)c(C(=O)c2cccnc2N)n1.CC(F)(F)c1ccc(NCC(N)=O)nc1C(=O)c1cccnc1N.CCCNc1ccc(C(F)(F)F)c(C(=O)c2cccnc2N)n1.CCCOc1ccc(C(F)(F)F)c(C(=O)c2cccnc2N)n1.CNCCN(C)c1ccc(C(F)(F)F)c(C(=O)c2cccnc2N)n1. The summed E-state index contributed by atoms with van der Waals surface area (Å²) in [6, 6.07) is 29.0. The lowest BCUT2D eigenvalue weighted by Crippen LogP contribution is -2.28. The quantitative estimate of drug-likeness (QED) is 0.0130. The number of rotatable bonds is 35. The number of pyridine rings is 12. The van der Waals surface area contributed by atoms with Crippen molar-refractivity contribution < 1.29 is 113 Å². The Morgan fingerprint density at radius 1 is 0.385 bits per heavy atom. The van der Waals surface area contributed by atoms with Gasteiger partial charge in [-0.1, -0.05) is 41.5 Å². The van der Waals surface area contributed by atoms with Crippen LogP contribution >= 0.6 is 0 Å². The number of nitrogen functional groups attached to an aromatic ring is 6. The Morgan fingerprint density at radius 2 is 0.696 bits per heavy atom. The highest BCUT2D eigenvalue weighted by Gasteiger charge is 2.43. The number of nitrogens with two attached hydrogens (primary N) is 9. The van der Waals surface area contributed by atoms with Crippen molar-refractivity contribution in [1.82, 2.24) is 65.1 Å². The number of likely N-dealkylation sites (N-methyl/N-ethyl adjacent to an activating group) is 2. The number of primary amides is 1. The van der Waals surface area contributed by atoms with Gasteiger partial charge in [0.25, 0.3) is 5.92 Å². The monoisotopic (exact) mass is 2080 g/mol. The number of hydrogen-bond donors (Lipinski definition) is 12. The van der Waals surface area contributed by atoms with Gasteiger partial charge in [0.05, 0.1) is 79.9 Å². The third-order valence-electron chi connectivity index (χ3n) is 20.9. The van der Waals surface area contributed by atoms with Crippen LogP contribution in [0.15, 0.2) is 183 Å². The predicted molar refractivity (Wildman–Crippen MR) is 519 cm³/mol. The first-order valence-electron chi connectivity index (χ1n) is 44.9. The number of nitrogens with zero attached hydrogens (tertiary/aromatic N) is 13. The first kappa shape index (κ1) is 119. The van der Waals surface area contributed by atoms with Crippen molar-refractivity contribution in [3.63, 3.8) is 0 Å². The van der Waals surface area contributed by atoms with E-state index in [0.717, 1.165) is 55.3 Å². The molecule has 148 heavy (non-hydrogen) atoms. The van der Waals surface area contributed by atoms with Crippen LogP contribution in [0.4, 0.5) is 127 Å². The summed E-state index contributed by atoms with van der Waals surface area (Å²) in [7, 11) is 3.44.